The van der Waals surface area contributed by atoms with Crippen LogP contribution in [0.4, 0.5) is 0 Å². The van der Waals surface area contributed by atoms with Gasteiger partial charge in [-0.25, -0.2) is 0 Å². The first-order valence-corrected chi connectivity index (χ1v) is 8.95. The molecular weight excluding hydrogens is 310 g/mol. The van der Waals surface area contributed by atoms with E-state index in [2.05, 4.69) is 27.6 Å². The van der Waals surface area contributed by atoms with Crippen LogP contribution >= 0.6 is 11.3 Å². The SMILES string of the molecule is Cc1noc(C)c1CC(=O)N1CCN(CCc2cccs2)CC1. The van der Waals surface area contributed by atoms with Crippen molar-refractivity contribution in [3.8, 4) is 0 Å². The number of aryl methyl sites for hydroxylation is 2. The number of nitrogens with zero attached hydrogens (tertiary/aromatic N) is 3. The van der Waals surface area contributed by atoms with Crippen molar-refractivity contribution in [2.45, 2.75) is 26.7 Å². The van der Waals surface area contributed by atoms with Crippen LogP contribution in [0, 0.1) is 13.8 Å². The van der Waals surface area contributed by atoms with E-state index in [4.69, 9.17) is 4.52 Å². The molecule has 3 heterocycles. The van der Waals surface area contributed by atoms with E-state index >= 15 is 0 Å². The molecule has 1 aliphatic heterocycles. The normalized spacial score (nSPS) is 16.0. The molecule has 0 radical (unpaired) electrons. The Morgan fingerprint density at radius 2 is 2.09 bits per heavy atom. The molecule has 0 atom stereocenters. The minimum atomic E-state index is 0.178. The van der Waals surface area contributed by atoms with Gasteiger partial charge < -0.3 is 9.42 Å². The monoisotopic (exact) mass is 333 g/mol. The zero-order valence-electron chi connectivity index (χ0n) is 13.7. The summed E-state index contributed by atoms with van der Waals surface area (Å²) >= 11 is 1.82. The van der Waals surface area contributed by atoms with Crippen molar-refractivity contribution < 1.29 is 9.32 Å². The van der Waals surface area contributed by atoms with E-state index in [-0.39, 0.29) is 5.91 Å². The van der Waals surface area contributed by atoms with Gasteiger partial charge in [-0.15, -0.1) is 11.3 Å². The highest BCUT2D eigenvalue weighted by atomic mass is 32.1. The van der Waals surface area contributed by atoms with Gasteiger partial charge in [0.2, 0.25) is 5.91 Å². The summed E-state index contributed by atoms with van der Waals surface area (Å²) in [5.41, 5.74) is 1.76. The Labute approximate surface area is 140 Å². The summed E-state index contributed by atoms with van der Waals surface area (Å²) in [6.07, 6.45) is 1.50. The minimum absolute atomic E-state index is 0.178. The standard InChI is InChI=1S/C17H23N3O2S/c1-13-16(14(2)22-18-13)12-17(21)20-9-7-19(8-10-20)6-5-15-4-3-11-23-15/h3-4,11H,5-10,12H2,1-2H3. The molecule has 0 saturated carbocycles. The van der Waals surface area contributed by atoms with Crippen molar-refractivity contribution >= 4 is 17.2 Å². The fourth-order valence-corrected chi connectivity index (χ4v) is 3.66. The van der Waals surface area contributed by atoms with E-state index in [0.717, 1.165) is 56.2 Å². The second kappa shape index (κ2) is 7.27. The second-order valence-electron chi connectivity index (χ2n) is 6.03. The van der Waals surface area contributed by atoms with Crippen LogP contribution in [0.3, 0.4) is 0 Å². The van der Waals surface area contributed by atoms with Crippen molar-refractivity contribution in [2.75, 3.05) is 32.7 Å². The predicted molar refractivity (Wildman–Crippen MR) is 90.7 cm³/mol. The molecule has 124 valence electrons. The van der Waals surface area contributed by atoms with Gasteiger partial charge in [0.25, 0.3) is 0 Å². The fraction of sp³-hybridized carbons (Fsp3) is 0.529. The van der Waals surface area contributed by atoms with E-state index in [1.54, 1.807) is 0 Å². The van der Waals surface area contributed by atoms with Crippen molar-refractivity contribution in [1.82, 2.24) is 15.0 Å². The van der Waals surface area contributed by atoms with Crippen LogP contribution in [-0.2, 0) is 17.6 Å². The van der Waals surface area contributed by atoms with Gasteiger partial charge in [0.05, 0.1) is 12.1 Å². The van der Waals surface area contributed by atoms with Gasteiger partial charge in [0.1, 0.15) is 5.76 Å². The van der Waals surface area contributed by atoms with Crippen LogP contribution < -0.4 is 0 Å². The molecule has 23 heavy (non-hydrogen) atoms. The number of amides is 1. The molecule has 0 aliphatic carbocycles. The number of aromatic nitrogens is 1. The summed E-state index contributed by atoms with van der Waals surface area (Å²) in [7, 11) is 0. The quantitative estimate of drug-likeness (QED) is 0.842. The zero-order valence-corrected chi connectivity index (χ0v) is 14.6. The van der Waals surface area contributed by atoms with Gasteiger partial charge >= 0.3 is 0 Å². The first-order chi connectivity index (χ1) is 11.1. The van der Waals surface area contributed by atoms with E-state index < -0.39 is 0 Å². The van der Waals surface area contributed by atoms with Crippen LogP contribution in [0.25, 0.3) is 0 Å². The van der Waals surface area contributed by atoms with Gasteiger partial charge in [0, 0.05) is 43.2 Å². The maximum Gasteiger partial charge on any atom is 0.227 e. The van der Waals surface area contributed by atoms with Crippen molar-refractivity contribution in [3.05, 3.63) is 39.4 Å². The largest absolute Gasteiger partial charge is 0.361 e. The third-order valence-electron chi connectivity index (χ3n) is 4.49. The minimum Gasteiger partial charge on any atom is -0.361 e. The molecule has 0 spiro atoms. The molecule has 1 fully saturated rings. The smallest absolute Gasteiger partial charge is 0.227 e. The number of carbonyl (C=O) groups is 1. The van der Waals surface area contributed by atoms with E-state index in [0.29, 0.717) is 6.42 Å². The Kier molecular flexibility index (Phi) is 5.13. The molecule has 0 N–H and O–H groups in total. The van der Waals surface area contributed by atoms with Crippen LogP contribution in [0.2, 0.25) is 0 Å². The number of hydrogen-bond acceptors (Lipinski definition) is 5. The number of thiophene rings is 1. The zero-order chi connectivity index (χ0) is 16.2. The first-order valence-electron chi connectivity index (χ1n) is 8.08. The summed E-state index contributed by atoms with van der Waals surface area (Å²) in [5, 5.41) is 6.05. The number of rotatable bonds is 5. The summed E-state index contributed by atoms with van der Waals surface area (Å²) in [4.78, 5) is 18.3. The Morgan fingerprint density at radius 3 is 2.70 bits per heavy atom. The lowest BCUT2D eigenvalue weighted by Gasteiger charge is -2.34. The topological polar surface area (TPSA) is 49.6 Å². The van der Waals surface area contributed by atoms with E-state index in [9.17, 15) is 4.79 Å². The number of piperazine rings is 1. The highest BCUT2D eigenvalue weighted by Gasteiger charge is 2.23. The number of hydrogen-bond donors (Lipinski definition) is 0. The van der Waals surface area contributed by atoms with Crippen molar-refractivity contribution in [2.24, 2.45) is 0 Å². The lowest BCUT2D eigenvalue weighted by Crippen LogP contribution is -2.49. The summed E-state index contributed by atoms with van der Waals surface area (Å²) in [6, 6.07) is 4.29. The molecule has 0 unspecified atom stereocenters. The average Bonchev–Trinajstić information content (AvgIpc) is 3.18. The van der Waals surface area contributed by atoms with Gasteiger partial charge in [-0.2, -0.15) is 0 Å². The van der Waals surface area contributed by atoms with Gasteiger partial charge in [0.15, 0.2) is 0 Å². The number of carbonyl (C=O) groups excluding carboxylic acids is 1. The molecule has 1 amide bonds. The highest BCUT2D eigenvalue weighted by Crippen LogP contribution is 2.15. The average molecular weight is 333 g/mol. The molecule has 0 aromatic carbocycles. The van der Waals surface area contributed by atoms with Gasteiger partial charge in [-0.05, 0) is 31.7 Å². The molecule has 5 nitrogen and oxygen atoms in total. The first kappa shape index (κ1) is 16.2. The Bertz CT molecular complexity index is 623. The Morgan fingerprint density at radius 1 is 1.30 bits per heavy atom. The molecule has 0 bridgehead atoms. The highest BCUT2D eigenvalue weighted by molar-refractivity contribution is 7.09. The molecule has 2 aromatic heterocycles. The maximum atomic E-state index is 12.5. The molecule has 1 aliphatic rings. The van der Waals surface area contributed by atoms with E-state index in [1.165, 1.54) is 4.88 Å². The lowest BCUT2D eigenvalue weighted by atomic mass is 10.1. The Hall–Kier alpha value is -1.66. The summed E-state index contributed by atoms with van der Waals surface area (Å²) < 4.78 is 5.14. The van der Waals surface area contributed by atoms with Crippen LogP contribution in [-0.4, -0.2) is 53.6 Å². The van der Waals surface area contributed by atoms with Crippen LogP contribution in [0.1, 0.15) is 21.9 Å². The van der Waals surface area contributed by atoms with Crippen molar-refractivity contribution in [3.63, 3.8) is 0 Å². The Balaban J connectivity index is 1.46. The van der Waals surface area contributed by atoms with Gasteiger partial charge in [-0.3, -0.25) is 9.69 Å². The summed E-state index contributed by atoms with van der Waals surface area (Å²) in [5.74, 6) is 0.933. The van der Waals surface area contributed by atoms with E-state index in [1.807, 2.05) is 30.1 Å². The predicted octanol–water partition coefficient (Wildman–Crippen LogP) is 2.28. The third kappa shape index (κ3) is 4.00. The molecule has 2 aromatic rings. The van der Waals surface area contributed by atoms with Crippen LogP contribution in [0.15, 0.2) is 22.0 Å². The van der Waals surface area contributed by atoms with Crippen LogP contribution in [0.5, 0.6) is 0 Å². The molecule has 1 saturated heterocycles. The second-order valence-corrected chi connectivity index (χ2v) is 7.06. The third-order valence-corrected chi connectivity index (χ3v) is 5.42. The fourth-order valence-electron chi connectivity index (χ4n) is 2.96. The maximum absolute atomic E-state index is 12.5. The molecule has 3 rings (SSSR count). The van der Waals surface area contributed by atoms with Crippen molar-refractivity contribution in [1.29, 1.82) is 0 Å². The van der Waals surface area contributed by atoms with Gasteiger partial charge in [-0.1, -0.05) is 11.2 Å². The lowest BCUT2D eigenvalue weighted by molar-refractivity contribution is -0.132. The molecular formula is C17H23N3O2S. The molecule has 6 heteroatoms. The summed E-state index contributed by atoms with van der Waals surface area (Å²) in [6.45, 7) is 8.37.